The van der Waals surface area contributed by atoms with Crippen LogP contribution >= 0.6 is 0 Å². The summed E-state index contributed by atoms with van der Waals surface area (Å²) in [5, 5.41) is 5.69. The molecule has 41 heavy (non-hydrogen) atoms. The summed E-state index contributed by atoms with van der Waals surface area (Å²) in [6, 6.07) is 19.1. The summed E-state index contributed by atoms with van der Waals surface area (Å²) in [7, 11) is 0. The third-order valence-electron chi connectivity index (χ3n) is 6.07. The highest BCUT2D eigenvalue weighted by molar-refractivity contribution is 5.91. The zero-order chi connectivity index (χ0) is 29.8. The Morgan fingerprint density at radius 2 is 1.51 bits per heavy atom. The quantitative estimate of drug-likeness (QED) is 0.291. The summed E-state index contributed by atoms with van der Waals surface area (Å²) in [6.07, 6.45) is 3.99. The minimum absolute atomic E-state index is 0.101. The lowest BCUT2D eigenvalue weighted by Crippen LogP contribution is -2.53. The molecule has 0 aliphatic carbocycles. The number of hydrogen-bond acceptors (Lipinski definition) is 6. The molecule has 0 spiro atoms. The van der Waals surface area contributed by atoms with Crippen LogP contribution in [0.15, 0.2) is 79.1 Å². The topological polar surface area (TPSA) is 107 Å². The fourth-order valence-corrected chi connectivity index (χ4v) is 4.17. The van der Waals surface area contributed by atoms with Crippen molar-refractivity contribution in [2.75, 3.05) is 0 Å². The molecule has 8 heteroatoms. The lowest BCUT2D eigenvalue weighted by molar-refractivity contribution is -0.158. The second kappa shape index (κ2) is 15.0. The predicted octanol–water partition coefficient (Wildman–Crippen LogP) is 4.80. The van der Waals surface area contributed by atoms with Crippen molar-refractivity contribution in [1.82, 2.24) is 15.6 Å². The van der Waals surface area contributed by atoms with Gasteiger partial charge in [0.2, 0.25) is 11.8 Å². The van der Waals surface area contributed by atoms with Crippen molar-refractivity contribution >= 4 is 17.8 Å². The molecule has 2 amide bonds. The third-order valence-corrected chi connectivity index (χ3v) is 6.07. The van der Waals surface area contributed by atoms with E-state index in [4.69, 9.17) is 9.47 Å². The van der Waals surface area contributed by atoms with E-state index in [2.05, 4.69) is 15.6 Å². The average molecular weight is 560 g/mol. The first-order valence-corrected chi connectivity index (χ1v) is 14.0. The lowest BCUT2D eigenvalue weighted by atomic mass is 10.0. The molecule has 3 rings (SSSR count). The Bertz CT molecular complexity index is 1260. The zero-order valence-corrected chi connectivity index (χ0v) is 24.6. The van der Waals surface area contributed by atoms with Crippen molar-refractivity contribution in [1.29, 1.82) is 0 Å². The van der Waals surface area contributed by atoms with Gasteiger partial charge in [-0.1, -0.05) is 62.4 Å². The number of aromatic nitrogens is 1. The van der Waals surface area contributed by atoms with E-state index >= 15 is 0 Å². The Labute approximate surface area is 242 Å². The van der Waals surface area contributed by atoms with Crippen molar-refractivity contribution in [2.45, 2.75) is 78.2 Å². The summed E-state index contributed by atoms with van der Waals surface area (Å²) < 4.78 is 11.5. The van der Waals surface area contributed by atoms with Gasteiger partial charge in [0.1, 0.15) is 30.0 Å². The first kappa shape index (κ1) is 31.3. The van der Waals surface area contributed by atoms with Crippen LogP contribution in [0.3, 0.4) is 0 Å². The van der Waals surface area contributed by atoms with Crippen molar-refractivity contribution in [3.63, 3.8) is 0 Å². The summed E-state index contributed by atoms with van der Waals surface area (Å²) in [5.41, 5.74) is 1.91. The standard InChI is InChI=1S/C33H41N3O5/c1-23(2)18-28(35-30(37)20-26-12-9-17-34-21-26)31(38)36-29(32(39)41-33(3,4)5)19-24-13-15-27(16-14-24)40-22-25-10-7-6-8-11-25/h6-17,21,23,28-29H,18-20,22H2,1-5H3,(H,35,37)(H,36,38)/t28-,29-/m0/s1. The lowest BCUT2D eigenvalue weighted by Gasteiger charge is -2.27. The molecule has 218 valence electrons. The smallest absolute Gasteiger partial charge is 0.329 e. The van der Waals surface area contributed by atoms with Crippen molar-refractivity contribution in [2.24, 2.45) is 5.92 Å². The molecule has 2 N–H and O–H groups in total. The SMILES string of the molecule is CC(C)C[C@H](NC(=O)Cc1cccnc1)C(=O)N[C@@H](Cc1ccc(OCc2ccccc2)cc1)C(=O)OC(C)(C)C. The number of carbonyl (C=O) groups is 3. The minimum atomic E-state index is -0.942. The monoisotopic (exact) mass is 559 g/mol. The number of hydrogen-bond donors (Lipinski definition) is 2. The largest absolute Gasteiger partial charge is 0.489 e. The summed E-state index contributed by atoms with van der Waals surface area (Å²) >= 11 is 0. The molecular weight excluding hydrogens is 518 g/mol. The fourth-order valence-electron chi connectivity index (χ4n) is 4.17. The van der Waals surface area contributed by atoms with Gasteiger partial charge in [-0.3, -0.25) is 14.6 Å². The molecule has 0 aliphatic rings. The van der Waals surface area contributed by atoms with Crippen LogP contribution in [0.5, 0.6) is 5.75 Å². The molecule has 2 atom stereocenters. The van der Waals surface area contributed by atoms with Gasteiger partial charge in [0.05, 0.1) is 6.42 Å². The number of amides is 2. The maximum atomic E-state index is 13.4. The highest BCUT2D eigenvalue weighted by Crippen LogP contribution is 2.17. The van der Waals surface area contributed by atoms with Crippen LogP contribution in [0.1, 0.15) is 57.7 Å². The van der Waals surface area contributed by atoms with E-state index in [1.807, 2.05) is 68.4 Å². The van der Waals surface area contributed by atoms with E-state index in [-0.39, 0.29) is 24.7 Å². The molecule has 1 heterocycles. The van der Waals surface area contributed by atoms with Crippen LogP contribution < -0.4 is 15.4 Å². The minimum Gasteiger partial charge on any atom is -0.489 e. The summed E-state index contributed by atoms with van der Waals surface area (Å²) in [5.74, 6) is -0.438. The Hall–Kier alpha value is -4.20. The fraction of sp³-hybridized carbons (Fsp3) is 0.394. The van der Waals surface area contributed by atoms with Crippen LogP contribution in [0.4, 0.5) is 0 Å². The molecule has 0 radical (unpaired) electrons. The molecule has 3 aromatic rings. The Morgan fingerprint density at radius 3 is 2.12 bits per heavy atom. The molecule has 2 aromatic carbocycles. The maximum absolute atomic E-state index is 13.4. The molecule has 0 saturated heterocycles. The van der Waals surface area contributed by atoms with Gasteiger partial charge in [-0.05, 0) is 68.0 Å². The van der Waals surface area contributed by atoms with Crippen LogP contribution in [-0.2, 0) is 38.6 Å². The molecule has 0 bridgehead atoms. The number of benzene rings is 2. The number of pyridine rings is 1. The van der Waals surface area contributed by atoms with E-state index in [1.54, 1.807) is 45.3 Å². The molecule has 0 saturated carbocycles. The van der Waals surface area contributed by atoms with E-state index in [0.29, 0.717) is 18.8 Å². The van der Waals surface area contributed by atoms with E-state index in [1.165, 1.54) is 0 Å². The molecule has 0 unspecified atom stereocenters. The van der Waals surface area contributed by atoms with Gasteiger partial charge >= 0.3 is 5.97 Å². The van der Waals surface area contributed by atoms with E-state index < -0.39 is 29.6 Å². The van der Waals surface area contributed by atoms with Crippen molar-refractivity contribution in [3.05, 3.63) is 95.8 Å². The normalized spacial score (nSPS) is 12.7. The number of rotatable bonds is 13. The van der Waals surface area contributed by atoms with Gasteiger partial charge in [0, 0.05) is 18.8 Å². The maximum Gasteiger partial charge on any atom is 0.329 e. The van der Waals surface area contributed by atoms with Gasteiger partial charge in [-0.15, -0.1) is 0 Å². The number of nitrogens with zero attached hydrogens (tertiary/aromatic N) is 1. The molecule has 8 nitrogen and oxygen atoms in total. The zero-order valence-electron chi connectivity index (χ0n) is 24.6. The molecular formula is C33H41N3O5. The van der Waals surface area contributed by atoms with Crippen molar-refractivity contribution < 1.29 is 23.9 Å². The first-order valence-electron chi connectivity index (χ1n) is 14.0. The Morgan fingerprint density at radius 1 is 0.829 bits per heavy atom. The third kappa shape index (κ3) is 11.4. The summed E-state index contributed by atoms with van der Waals surface area (Å²) in [6.45, 7) is 9.73. The average Bonchev–Trinajstić information content (AvgIpc) is 2.92. The van der Waals surface area contributed by atoms with Gasteiger partial charge < -0.3 is 20.1 Å². The second-order valence-corrected chi connectivity index (χ2v) is 11.5. The van der Waals surface area contributed by atoms with Crippen LogP contribution in [0.2, 0.25) is 0 Å². The van der Waals surface area contributed by atoms with Crippen LogP contribution in [-0.4, -0.2) is 40.5 Å². The Kier molecular flexibility index (Phi) is 11.4. The molecule has 1 aromatic heterocycles. The highest BCUT2D eigenvalue weighted by atomic mass is 16.6. The number of ether oxygens (including phenoxy) is 2. The predicted molar refractivity (Wildman–Crippen MR) is 158 cm³/mol. The van der Waals surface area contributed by atoms with Gasteiger partial charge in [-0.25, -0.2) is 4.79 Å². The van der Waals surface area contributed by atoms with Crippen LogP contribution in [0, 0.1) is 5.92 Å². The number of esters is 1. The van der Waals surface area contributed by atoms with Crippen molar-refractivity contribution in [3.8, 4) is 5.75 Å². The van der Waals surface area contributed by atoms with E-state index in [0.717, 1.165) is 16.7 Å². The van der Waals surface area contributed by atoms with Crippen LogP contribution in [0.25, 0.3) is 0 Å². The first-order chi connectivity index (χ1) is 19.5. The Balaban J connectivity index is 1.70. The number of nitrogens with one attached hydrogen (secondary N) is 2. The molecule has 0 fully saturated rings. The van der Waals surface area contributed by atoms with Gasteiger partial charge in [0.25, 0.3) is 0 Å². The van der Waals surface area contributed by atoms with Gasteiger partial charge in [-0.2, -0.15) is 0 Å². The highest BCUT2D eigenvalue weighted by Gasteiger charge is 2.30. The molecule has 0 aliphatic heterocycles. The number of carbonyl (C=O) groups excluding carboxylic acids is 3. The van der Waals surface area contributed by atoms with E-state index in [9.17, 15) is 14.4 Å². The second-order valence-electron chi connectivity index (χ2n) is 11.5. The summed E-state index contributed by atoms with van der Waals surface area (Å²) in [4.78, 5) is 43.4. The van der Waals surface area contributed by atoms with Gasteiger partial charge in [0.15, 0.2) is 0 Å².